The van der Waals surface area contributed by atoms with Gasteiger partial charge in [-0.1, -0.05) is 41.9 Å². The molecule has 1 saturated heterocycles. The van der Waals surface area contributed by atoms with Crippen LogP contribution in [0.5, 0.6) is 0 Å². The van der Waals surface area contributed by atoms with Gasteiger partial charge in [0.05, 0.1) is 17.1 Å². The molecule has 1 aliphatic heterocycles. The second-order valence-corrected chi connectivity index (χ2v) is 5.75. The van der Waals surface area contributed by atoms with E-state index in [9.17, 15) is 4.39 Å². The van der Waals surface area contributed by atoms with Gasteiger partial charge in [-0.2, -0.15) is 0 Å². The van der Waals surface area contributed by atoms with Crippen molar-refractivity contribution < 1.29 is 4.39 Å². The maximum atomic E-state index is 14.4. The summed E-state index contributed by atoms with van der Waals surface area (Å²) in [5, 5.41) is -0.0534. The van der Waals surface area contributed by atoms with Gasteiger partial charge in [0.15, 0.2) is 5.82 Å². The predicted octanol–water partition coefficient (Wildman–Crippen LogP) is 3.64. The van der Waals surface area contributed by atoms with Crippen molar-refractivity contribution in [2.24, 2.45) is 0 Å². The van der Waals surface area contributed by atoms with Crippen LogP contribution in [0.25, 0.3) is 0 Å². The van der Waals surface area contributed by atoms with E-state index in [1.54, 1.807) is 0 Å². The maximum Gasteiger partial charge on any atom is 0.169 e. The first-order chi connectivity index (χ1) is 10.1. The number of halogens is 2. The molecule has 4 N–H and O–H groups in total. The van der Waals surface area contributed by atoms with Crippen LogP contribution in [-0.4, -0.2) is 13.1 Å². The summed E-state index contributed by atoms with van der Waals surface area (Å²) in [6, 6.07) is 11.8. The number of hydrogen-bond acceptors (Lipinski definition) is 3. The fourth-order valence-electron chi connectivity index (χ4n) is 2.94. The van der Waals surface area contributed by atoms with Crippen LogP contribution in [0.15, 0.2) is 36.4 Å². The number of hydrogen-bond donors (Lipinski definition) is 2. The fourth-order valence-corrected chi connectivity index (χ4v) is 3.08. The van der Waals surface area contributed by atoms with Crippen LogP contribution in [0, 0.1) is 5.82 Å². The third kappa shape index (κ3) is 2.51. The summed E-state index contributed by atoms with van der Waals surface area (Å²) in [6.07, 6.45) is 0.963. The van der Waals surface area contributed by atoms with E-state index in [1.165, 1.54) is 11.6 Å². The summed E-state index contributed by atoms with van der Waals surface area (Å²) in [5.41, 5.74) is 13.7. The number of anilines is 3. The largest absolute Gasteiger partial charge is 0.397 e. The Morgan fingerprint density at radius 1 is 1.14 bits per heavy atom. The van der Waals surface area contributed by atoms with Gasteiger partial charge in [-0.3, -0.25) is 0 Å². The number of nitrogens with zero attached hydrogens (tertiary/aromatic N) is 1. The summed E-state index contributed by atoms with van der Waals surface area (Å²) in [6.45, 7) is 1.48. The molecule has 0 bridgehead atoms. The molecule has 21 heavy (non-hydrogen) atoms. The van der Waals surface area contributed by atoms with Crippen molar-refractivity contribution in [1.29, 1.82) is 0 Å². The van der Waals surface area contributed by atoms with E-state index in [0.29, 0.717) is 17.3 Å². The molecule has 2 aromatic carbocycles. The lowest BCUT2D eigenvalue weighted by Crippen LogP contribution is -2.22. The lowest BCUT2D eigenvalue weighted by molar-refractivity contribution is 0.624. The number of nitrogens with two attached hydrogens (primary N) is 2. The van der Waals surface area contributed by atoms with E-state index in [4.69, 9.17) is 23.1 Å². The van der Waals surface area contributed by atoms with Crippen LogP contribution in [0.2, 0.25) is 5.02 Å². The minimum absolute atomic E-state index is 0.0534. The van der Waals surface area contributed by atoms with Crippen LogP contribution in [0.4, 0.5) is 21.5 Å². The van der Waals surface area contributed by atoms with E-state index in [1.807, 2.05) is 23.1 Å². The van der Waals surface area contributed by atoms with Gasteiger partial charge in [-0.05, 0) is 18.1 Å². The van der Waals surface area contributed by atoms with Crippen molar-refractivity contribution in [3.05, 3.63) is 52.8 Å². The molecule has 0 spiro atoms. The van der Waals surface area contributed by atoms with Crippen molar-refractivity contribution in [1.82, 2.24) is 0 Å². The summed E-state index contributed by atoms with van der Waals surface area (Å²) in [7, 11) is 0. The Morgan fingerprint density at radius 2 is 1.86 bits per heavy atom. The zero-order valence-electron chi connectivity index (χ0n) is 11.5. The Hall–Kier alpha value is -1.94. The van der Waals surface area contributed by atoms with Gasteiger partial charge in [0.25, 0.3) is 0 Å². The van der Waals surface area contributed by atoms with E-state index in [0.717, 1.165) is 19.5 Å². The number of nitrogen functional groups attached to an aromatic ring is 2. The average Bonchev–Trinajstić information content (AvgIpc) is 2.95. The molecule has 0 saturated carbocycles. The van der Waals surface area contributed by atoms with Crippen molar-refractivity contribution in [2.45, 2.75) is 12.3 Å². The minimum Gasteiger partial charge on any atom is -0.397 e. The predicted molar refractivity (Wildman–Crippen MR) is 86.2 cm³/mol. The fraction of sp³-hybridized carbons (Fsp3) is 0.250. The highest BCUT2D eigenvalue weighted by Gasteiger charge is 2.28. The molecule has 1 aliphatic rings. The molecule has 3 nitrogen and oxygen atoms in total. The quantitative estimate of drug-likeness (QED) is 0.833. The molecule has 5 heteroatoms. The van der Waals surface area contributed by atoms with Gasteiger partial charge in [-0.25, -0.2) is 4.39 Å². The van der Waals surface area contributed by atoms with Crippen molar-refractivity contribution >= 4 is 28.7 Å². The van der Waals surface area contributed by atoms with Crippen molar-refractivity contribution in [2.75, 3.05) is 29.5 Å². The van der Waals surface area contributed by atoms with Crippen LogP contribution in [0.3, 0.4) is 0 Å². The molecule has 0 aromatic heterocycles. The molecule has 1 fully saturated rings. The second-order valence-electron chi connectivity index (χ2n) is 5.37. The van der Waals surface area contributed by atoms with Gasteiger partial charge >= 0.3 is 0 Å². The summed E-state index contributed by atoms with van der Waals surface area (Å²) < 4.78 is 14.4. The van der Waals surface area contributed by atoms with Crippen LogP contribution < -0.4 is 16.4 Å². The normalized spacial score (nSPS) is 18.2. The van der Waals surface area contributed by atoms with Crippen LogP contribution >= 0.6 is 11.6 Å². The molecule has 2 aromatic rings. The van der Waals surface area contributed by atoms with E-state index < -0.39 is 5.82 Å². The maximum absolute atomic E-state index is 14.4. The Labute approximate surface area is 128 Å². The summed E-state index contributed by atoms with van der Waals surface area (Å²) in [4.78, 5) is 1.95. The third-order valence-electron chi connectivity index (χ3n) is 4.01. The molecular formula is C16H17ClFN3. The van der Waals surface area contributed by atoms with E-state index in [-0.39, 0.29) is 10.7 Å². The summed E-state index contributed by atoms with van der Waals surface area (Å²) >= 11 is 5.90. The van der Waals surface area contributed by atoms with Crippen LogP contribution in [0.1, 0.15) is 17.9 Å². The van der Waals surface area contributed by atoms with Gasteiger partial charge < -0.3 is 16.4 Å². The zero-order chi connectivity index (χ0) is 15.0. The van der Waals surface area contributed by atoms with Gasteiger partial charge in [-0.15, -0.1) is 0 Å². The molecule has 1 heterocycles. The minimum atomic E-state index is -0.525. The molecular weight excluding hydrogens is 289 g/mol. The average molecular weight is 306 g/mol. The topological polar surface area (TPSA) is 55.3 Å². The first-order valence-electron chi connectivity index (χ1n) is 6.90. The molecule has 1 atom stereocenters. The van der Waals surface area contributed by atoms with Gasteiger partial charge in [0, 0.05) is 19.0 Å². The molecule has 3 rings (SSSR count). The molecule has 0 aliphatic carbocycles. The Kier molecular flexibility index (Phi) is 3.64. The Bertz CT molecular complexity index is 660. The lowest BCUT2D eigenvalue weighted by atomic mass is 9.99. The lowest BCUT2D eigenvalue weighted by Gasteiger charge is -2.22. The first-order valence-corrected chi connectivity index (χ1v) is 7.28. The third-order valence-corrected chi connectivity index (χ3v) is 4.40. The molecule has 110 valence electrons. The van der Waals surface area contributed by atoms with Gasteiger partial charge in [0.1, 0.15) is 5.02 Å². The van der Waals surface area contributed by atoms with Gasteiger partial charge in [0.2, 0.25) is 0 Å². The second kappa shape index (κ2) is 5.45. The molecule has 1 unspecified atom stereocenters. The monoisotopic (exact) mass is 305 g/mol. The smallest absolute Gasteiger partial charge is 0.169 e. The SMILES string of the molecule is Nc1cc(N)c(N2CCC(c3ccccc3)C2)c(F)c1Cl. The Morgan fingerprint density at radius 3 is 2.57 bits per heavy atom. The van der Waals surface area contributed by atoms with Crippen molar-refractivity contribution in [3.63, 3.8) is 0 Å². The van der Waals surface area contributed by atoms with Crippen molar-refractivity contribution in [3.8, 4) is 0 Å². The number of benzene rings is 2. The van der Waals surface area contributed by atoms with E-state index in [2.05, 4.69) is 12.1 Å². The molecule has 0 radical (unpaired) electrons. The zero-order valence-corrected chi connectivity index (χ0v) is 12.3. The van der Waals surface area contributed by atoms with E-state index >= 15 is 0 Å². The van der Waals surface area contributed by atoms with Crippen LogP contribution in [-0.2, 0) is 0 Å². The molecule has 0 amide bonds. The highest BCUT2D eigenvalue weighted by atomic mass is 35.5. The number of rotatable bonds is 2. The standard InChI is InChI=1S/C16H17ClFN3/c17-14-12(19)8-13(20)16(15(14)18)21-7-6-11(9-21)10-4-2-1-3-5-10/h1-5,8,11H,6-7,9,19-20H2. The highest BCUT2D eigenvalue weighted by Crippen LogP contribution is 2.39. The highest BCUT2D eigenvalue weighted by molar-refractivity contribution is 6.33. The Balaban J connectivity index is 1.89. The summed E-state index contributed by atoms with van der Waals surface area (Å²) in [5.74, 6) is -0.149. The first kappa shape index (κ1) is 14.0.